The molecule has 0 saturated heterocycles. The summed E-state index contributed by atoms with van der Waals surface area (Å²) in [5.41, 5.74) is 8.67. The Balaban J connectivity index is 0.000000135. The maximum atomic E-state index is 8.47. The van der Waals surface area contributed by atoms with Gasteiger partial charge in [-0.25, -0.2) is 19.0 Å². The number of methoxy groups -OCH3 is 2. The molecule has 2 N–H and O–H groups in total. The maximum Gasteiger partial charge on any atom is 0.489 e. The van der Waals surface area contributed by atoms with E-state index in [0.29, 0.717) is 5.46 Å². The second-order valence-electron chi connectivity index (χ2n) is 27.5. The first-order valence-electron chi connectivity index (χ1n) is 40.1. The summed E-state index contributed by atoms with van der Waals surface area (Å²) < 4.78 is 14.8. The summed E-state index contributed by atoms with van der Waals surface area (Å²) in [6, 6.07) is 149. The van der Waals surface area contributed by atoms with Crippen LogP contribution in [-0.4, -0.2) is 60.6 Å². The molecule has 0 radical (unpaired) electrons. The van der Waals surface area contributed by atoms with Crippen molar-refractivity contribution in [2.45, 2.75) is 7.43 Å². The topological polar surface area (TPSA) is 119 Å². The fraction of sp³-hybridized carbons (Fsp3) is 0.0280. The fourth-order valence-electron chi connectivity index (χ4n) is 13.3. The molecule has 0 bridgehead atoms. The summed E-state index contributed by atoms with van der Waals surface area (Å²) in [6.07, 6.45) is 11.3. The normalized spacial score (nSPS) is 10.4. The van der Waals surface area contributed by atoms with E-state index in [1.165, 1.54) is 75.0 Å². The number of ether oxygens (including phenoxy) is 2. The van der Waals surface area contributed by atoms with E-state index < -0.39 is 38.8 Å². The molecule has 0 atom stereocenters. The number of hydrogen-bond acceptors (Lipinski definition) is 10. The van der Waals surface area contributed by atoms with Gasteiger partial charge in [-0.1, -0.05) is 402 Å². The van der Waals surface area contributed by atoms with Gasteiger partial charge in [0, 0.05) is 61.9 Å². The zero-order valence-corrected chi connectivity index (χ0v) is 76.8. The Hall–Kier alpha value is -11.8. The van der Waals surface area contributed by atoms with E-state index in [1.807, 2.05) is 84.0 Å². The van der Waals surface area contributed by atoms with Gasteiger partial charge in [-0.2, -0.15) is 32.9 Å². The standard InChI is InChI=1S/4C18H15P.C17H13N3OS.C13H10BrN3O.C4H5BO2S.CH4.Pd/c4*1-4-10-16(11-5-1)19(17-12-6-2-7-13-17)18-14-8-3-9-15-18;1-21-15-4-2-12(3-5-15)14-8-18-17-16(9-19-20(17)10-14)13-6-7-22-11-13;1-18-11-4-2-9(3-5-11)10-6-15-13-12(14)7-16-17(13)8-10;6-5(7)4-1-2-8-3-4;;/h4*1-15H;2-11H,1H3;2-8H,1H3;1-3,6-7H;1H4;. The Kier molecular flexibility index (Phi) is 36.9. The van der Waals surface area contributed by atoms with Crippen molar-refractivity contribution in [3.05, 3.63) is 488 Å². The van der Waals surface area contributed by atoms with Crippen LogP contribution in [-0.2, 0) is 20.4 Å². The summed E-state index contributed by atoms with van der Waals surface area (Å²) in [5.74, 6) is 1.69. The van der Waals surface area contributed by atoms with E-state index in [9.17, 15) is 0 Å². The molecule has 0 unspecified atom stereocenters. The minimum atomic E-state index is -1.30. The average Bonchev–Trinajstić information content (AvgIpc) is 1.73. The SMILES string of the molecule is C.COc1ccc(-c2cnc3c(-c4ccsc4)cnn3c2)cc1.COc1ccc(-c2cnc3c(Br)cnn3c2)cc1.OB(O)c1ccsc1.[Pd].c1ccc(P(c2ccccc2)c2ccccc2)cc1.c1ccc(P(c2ccccc2)c2ccccc2)cc1.c1ccc(P(c2ccccc2)c2ccccc2)cc1.c1ccc(P(c2ccccc2)c2ccccc2)cc1. The summed E-state index contributed by atoms with van der Waals surface area (Å²) in [6.45, 7) is 0. The number of fused-ring (bicyclic) bond motifs is 2. The van der Waals surface area contributed by atoms with Gasteiger partial charge in [0.1, 0.15) is 11.5 Å². The third kappa shape index (κ3) is 26.2. The molecule has 0 aliphatic heterocycles. The summed E-state index contributed by atoms with van der Waals surface area (Å²) in [7, 11) is 0.233. The third-order valence-electron chi connectivity index (χ3n) is 19.4. The van der Waals surface area contributed by atoms with E-state index in [4.69, 9.17) is 19.5 Å². The van der Waals surface area contributed by atoms with E-state index in [-0.39, 0.29) is 27.8 Å². The van der Waals surface area contributed by atoms with Crippen molar-refractivity contribution in [3.8, 4) is 44.9 Å². The Morgan fingerprint density at radius 2 is 0.532 bits per heavy atom. The van der Waals surface area contributed by atoms with Crippen LogP contribution in [0.1, 0.15) is 7.43 Å². The molecule has 0 fully saturated rings. The molecule has 6 heterocycles. The molecule has 6 aromatic heterocycles. The van der Waals surface area contributed by atoms with Crippen LogP contribution in [0.15, 0.2) is 488 Å². The Morgan fingerprint density at radius 1 is 0.286 bits per heavy atom. The molecule has 626 valence electrons. The minimum absolute atomic E-state index is 0. The number of halogens is 1. The van der Waals surface area contributed by atoms with Crippen LogP contribution in [0.25, 0.3) is 44.7 Å². The van der Waals surface area contributed by atoms with Gasteiger partial charge >= 0.3 is 7.12 Å². The van der Waals surface area contributed by atoms with Crippen molar-refractivity contribution in [2.75, 3.05) is 14.2 Å². The maximum absolute atomic E-state index is 8.47. The van der Waals surface area contributed by atoms with Crippen LogP contribution < -0.4 is 78.6 Å². The fourth-order valence-corrected chi connectivity index (χ4v) is 24.3. The summed E-state index contributed by atoms with van der Waals surface area (Å²) >= 11 is 6.53. The molecule has 20 rings (SSSR count). The number of hydrogen-bond donors (Lipinski definition) is 2. The number of benzene rings is 14. The van der Waals surface area contributed by atoms with Crippen LogP contribution in [0.5, 0.6) is 11.5 Å². The Bertz CT molecular complexity index is 5580. The molecule has 0 amide bonds. The number of nitrogens with zero attached hydrogens (tertiary/aromatic N) is 6. The summed E-state index contributed by atoms with van der Waals surface area (Å²) in [4.78, 5) is 8.97. The van der Waals surface area contributed by atoms with Crippen molar-refractivity contribution in [2.24, 2.45) is 0 Å². The van der Waals surface area contributed by atoms with Gasteiger partial charge in [-0.05, 0) is 185 Å². The van der Waals surface area contributed by atoms with Gasteiger partial charge in [-0.15, -0.1) is 0 Å². The van der Waals surface area contributed by atoms with E-state index in [2.05, 4.69) is 417 Å². The Labute approximate surface area is 774 Å². The monoisotopic (exact) mass is 1910 g/mol. The zero-order valence-electron chi connectivity index (χ0n) is 68.5. The largest absolute Gasteiger partial charge is 0.497 e. The first-order chi connectivity index (χ1) is 61.2. The second-order valence-corrected chi connectivity index (χ2v) is 38.8. The molecule has 0 saturated carbocycles. The first-order valence-corrected chi connectivity index (χ1v) is 48.1. The van der Waals surface area contributed by atoms with Gasteiger partial charge in [-0.3, -0.25) is 0 Å². The van der Waals surface area contributed by atoms with Crippen molar-refractivity contribution < 1.29 is 39.9 Å². The molecule has 19 heteroatoms. The second kappa shape index (κ2) is 49.8. The van der Waals surface area contributed by atoms with Crippen molar-refractivity contribution in [3.63, 3.8) is 0 Å². The van der Waals surface area contributed by atoms with Gasteiger partial charge in [0.25, 0.3) is 0 Å². The van der Waals surface area contributed by atoms with Crippen LogP contribution in [0, 0.1) is 0 Å². The molecule has 0 aliphatic carbocycles. The molecule has 20 aromatic rings. The predicted molar refractivity (Wildman–Crippen MR) is 542 cm³/mol. The molecule has 126 heavy (non-hydrogen) atoms. The third-order valence-corrected chi connectivity index (χ3v) is 31.1. The van der Waals surface area contributed by atoms with E-state index in [1.54, 1.807) is 53.1 Å². The predicted octanol–water partition coefficient (Wildman–Crippen LogP) is 21.1. The van der Waals surface area contributed by atoms with Gasteiger partial charge < -0.3 is 19.5 Å². The first kappa shape index (κ1) is 93.3. The van der Waals surface area contributed by atoms with Crippen molar-refractivity contribution in [1.82, 2.24) is 29.2 Å². The molecule has 0 aliphatic rings. The van der Waals surface area contributed by atoms with Crippen LogP contribution >= 0.6 is 70.3 Å². The molecule has 10 nitrogen and oxygen atoms in total. The number of aromatic nitrogens is 6. The molecule has 0 spiro atoms. The number of thiophene rings is 2. The van der Waals surface area contributed by atoms with Crippen molar-refractivity contribution in [1.29, 1.82) is 0 Å². The van der Waals surface area contributed by atoms with Crippen LogP contribution in [0.2, 0.25) is 0 Å². The Morgan fingerprint density at radius 3 is 0.762 bits per heavy atom. The average molecular weight is 1910 g/mol. The van der Waals surface area contributed by atoms with Crippen LogP contribution in [0.3, 0.4) is 0 Å². The van der Waals surface area contributed by atoms with Gasteiger partial charge in [0.05, 0.1) is 31.1 Å². The molecular formula is C107H92BBrN6O4P4PdS2. The quantitative estimate of drug-likeness (QED) is 0.0644. The molecule has 14 aromatic carbocycles. The van der Waals surface area contributed by atoms with Crippen LogP contribution in [0.4, 0.5) is 0 Å². The van der Waals surface area contributed by atoms with Crippen molar-refractivity contribution >= 4 is 158 Å². The zero-order chi connectivity index (χ0) is 85.1. The van der Waals surface area contributed by atoms with E-state index in [0.717, 1.165) is 60.6 Å². The van der Waals surface area contributed by atoms with E-state index >= 15 is 0 Å². The number of rotatable bonds is 18. The molecular weight excluding hydrogens is 1820 g/mol. The van der Waals surface area contributed by atoms with Gasteiger partial charge in [0.2, 0.25) is 0 Å². The van der Waals surface area contributed by atoms with Gasteiger partial charge in [0.15, 0.2) is 11.3 Å². The summed E-state index contributed by atoms with van der Waals surface area (Å²) in [5, 5.41) is 50.0. The minimum Gasteiger partial charge on any atom is -0.497 e. The smallest absolute Gasteiger partial charge is 0.489 e.